The molecule has 114 valence electrons. The lowest BCUT2D eigenvalue weighted by atomic mass is 10.2. The highest BCUT2D eigenvalue weighted by Crippen LogP contribution is 2.14. The fourth-order valence-corrected chi connectivity index (χ4v) is 2.14. The fourth-order valence-electron chi connectivity index (χ4n) is 2.14. The number of nitrogens with two attached hydrogens (primary N) is 1. The van der Waals surface area contributed by atoms with Gasteiger partial charge >= 0.3 is 0 Å². The lowest BCUT2D eigenvalue weighted by molar-refractivity contribution is 0.113. The number of nitrogens with zero attached hydrogens (tertiary/aromatic N) is 4. The molecule has 0 saturated carbocycles. The first-order valence-electron chi connectivity index (χ1n) is 6.90. The van der Waals surface area contributed by atoms with Crippen LogP contribution in [0.2, 0.25) is 0 Å². The maximum atomic E-state index is 5.76. The molecule has 3 aromatic rings. The van der Waals surface area contributed by atoms with Crippen molar-refractivity contribution >= 4 is 17.0 Å². The van der Waals surface area contributed by atoms with Crippen molar-refractivity contribution in [2.24, 2.45) is 0 Å². The van der Waals surface area contributed by atoms with Gasteiger partial charge in [-0.05, 0) is 17.7 Å². The van der Waals surface area contributed by atoms with Gasteiger partial charge in [0.15, 0.2) is 11.5 Å². The molecule has 22 heavy (non-hydrogen) atoms. The van der Waals surface area contributed by atoms with Crippen LogP contribution in [0.4, 0.5) is 5.82 Å². The summed E-state index contributed by atoms with van der Waals surface area (Å²) in [6, 6.07) is 7.81. The number of anilines is 1. The smallest absolute Gasteiger partial charge is 0.165 e. The van der Waals surface area contributed by atoms with Crippen LogP contribution in [0.5, 0.6) is 5.75 Å². The molecule has 0 radical (unpaired) electrons. The number of fused-ring (bicyclic) bond motifs is 1. The minimum atomic E-state index is 0.392. The van der Waals surface area contributed by atoms with Crippen molar-refractivity contribution in [3.63, 3.8) is 0 Å². The Morgan fingerprint density at radius 3 is 2.73 bits per heavy atom. The van der Waals surface area contributed by atoms with Crippen LogP contribution in [0.3, 0.4) is 0 Å². The van der Waals surface area contributed by atoms with E-state index in [1.807, 2.05) is 28.8 Å². The number of imidazole rings is 1. The van der Waals surface area contributed by atoms with Crippen LogP contribution in [-0.2, 0) is 17.9 Å². The van der Waals surface area contributed by atoms with E-state index in [-0.39, 0.29) is 0 Å². The zero-order chi connectivity index (χ0) is 15.4. The summed E-state index contributed by atoms with van der Waals surface area (Å²) in [7, 11) is 1.65. The Labute approximate surface area is 127 Å². The van der Waals surface area contributed by atoms with E-state index in [0.717, 1.165) is 17.0 Å². The molecule has 1 aromatic carbocycles. The molecule has 2 aromatic heterocycles. The summed E-state index contributed by atoms with van der Waals surface area (Å²) in [5, 5.41) is 0. The molecule has 2 heterocycles. The molecule has 0 saturated heterocycles. The second-order valence-electron chi connectivity index (χ2n) is 4.77. The van der Waals surface area contributed by atoms with Gasteiger partial charge in [0.1, 0.15) is 17.6 Å². The molecule has 0 bridgehead atoms. The Morgan fingerprint density at radius 1 is 1.14 bits per heavy atom. The molecule has 7 nitrogen and oxygen atoms in total. The number of aromatic nitrogens is 4. The number of nitrogen functional groups attached to an aromatic ring is 1. The Hall–Kier alpha value is -2.67. The Kier molecular flexibility index (Phi) is 4.15. The summed E-state index contributed by atoms with van der Waals surface area (Å²) in [5.74, 6) is 1.23. The third kappa shape index (κ3) is 2.99. The Balaban J connectivity index is 1.55. The molecule has 0 aliphatic carbocycles. The van der Waals surface area contributed by atoms with Gasteiger partial charge < -0.3 is 19.8 Å². The Morgan fingerprint density at radius 2 is 1.95 bits per heavy atom. The second-order valence-corrected chi connectivity index (χ2v) is 4.77. The first kappa shape index (κ1) is 14.3. The van der Waals surface area contributed by atoms with Crippen molar-refractivity contribution in [2.45, 2.75) is 13.2 Å². The van der Waals surface area contributed by atoms with Gasteiger partial charge in [0, 0.05) is 6.54 Å². The van der Waals surface area contributed by atoms with Crippen molar-refractivity contribution in [3.8, 4) is 5.75 Å². The van der Waals surface area contributed by atoms with Crippen LogP contribution in [-0.4, -0.2) is 33.2 Å². The van der Waals surface area contributed by atoms with E-state index in [1.54, 1.807) is 13.4 Å². The molecule has 0 atom stereocenters. The second kappa shape index (κ2) is 6.40. The first-order valence-corrected chi connectivity index (χ1v) is 6.90. The molecule has 2 N–H and O–H groups in total. The van der Waals surface area contributed by atoms with E-state index in [2.05, 4.69) is 15.0 Å². The largest absolute Gasteiger partial charge is 0.497 e. The molecule has 0 spiro atoms. The average Bonchev–Trinajstić information content (AvgIpc) is 2.97. The molecular weight excluding hydrogens is 282 g/mol. The predicted octanol–water partition coefficient (Wildman–Crippen LogP) is 1.63. The number of ether oxygens (including phenoxy) is 2. The number of hydrogen-bond acceptors (Lipinski definition) is 6. The van der Waals surface area contributed by atoms with Gasteiger partial charge in [-0.2, -0.15) is 0 Å². The maximum absolute atomic E-state index is 5.76. The van der Waals surface area contributed by atoms with Gasteiger partial charge in [-0.1, -0.05) is 12.1 Å². The quantitative estimate of drug-likeness (QED) is 0.696. The molecule has 3 rings (SSSR count). The first-order chi connectivity index (χ1) is 10.8. The van der Waals surface area contributed by atoms with E-state index in [9.17, 15) is 0 Å². The molecule has 0 aliphatic heterocycles. The fraction of sp³-hybridized carbons (Fsp3) is 0.267. The van der Waals surface area contributed by atoms with Crippen molar-refractivity contribution in [2.75, 3.05) is 19.5 Å². The monoisotopic (exact) mass is 299 g/mol. The van der Waals surface area contributed by atoms with E-state index < -0.39 is 0 Å². The average molecular weight is 299 g/mol. The van der Waals surface area contributed by atoms with E-state index in [1.165, 1.54) is 6.33 Å². The molecule has 0 fully saturated rings. The van der Waals surface area contributed by atoms with Gasteiger partial charge in [0.05, 0.1) is 26.7 Å². The SMILES string of the molecule is COc1ccc(COCCn2cnc3c(N)ncnc32)cc1. The summed E-state index contributed by atoms with van der Waals surface area (Å²) in [4.78, 5) is 12.3. The lowest BCUT2D eigenvalue weighted by Gasteiger charge is -2.07. The van der Waals surface area contributed by atoms with Crippen molar-refractivity contribution in [1.82, 2.24) is 19.5 Å². The topological polar surface area (TPSA) is 88.1 Å². The van der Waals surface area contributed by atoms with E-state index in [4.69, 9.17) is 15.2 Å². The summed E-state index contributed by atoms with van der Waals surface area (Å²) in [6.07, 6.45) is 3.14. The van der Waals surface area contributed by atoms with Crippen LogP contribution >= 0.6 is 0 Å². The third-order valence-corrected chi connectivity index (χ3v) is 3.33. The third-order valence-electron chi connectivity index (χ3n) is 3.33. The number of hydrogen-bond donors (Lipinski definition) is 1. The summed E-state index contributed by atoms with van der Waals surface area (Å²) in [5.41, 5.74) is 8.20. The number of benzene rings is 1. The van der Waals surface area contributed by atoms with E-state index >= 15 is 0 Å². The van der Waals surface area contributed by atoms with Crippen LogP contribution in [0.25, 0.3) is 11.2 Å². The van der Waals surface area contributed by atoms with Crippen LogP contribution in [0.1, 0.15) is 5.56 Å². The van der Waals surface area contributed by atoms with Gasteiger partial charge in [-0.25, -0.2) is 15.0 Å². The van der Waals surface area contributed by atoms with Crippen molar-refractivity contribution in [3.05, 3.63) is 42.5 Å². The highest BCUT2D eigenvalue weighted by atomic mass is 16.5. The van der Waals surface area contributed by atoms with Crippen LogP contribution in [0.15, 0.2) is 36.9 Å². The van der Waals surface area contributed by atoms with Gasteiger partial charge in [0.25, 0.3) is 0 Å². The van der Waals surface area contributed by atoms with E-state index in [0.29, 0.717) is 31.1 Å². The van der Waals surface area contributed by atoms with Crippen LogP contribution in [0, 0.1) is 0 Å². The molecule has 0 unspecified atom stereocenters. The summed E-state index contributed by atoms with van der Waals surface area (Å²) >= 11 is 0. The molecule has 0 aliphatic rings. The van der Waals surface area contributed by atoms with Crippen molar-refractivity contribution < 1.29 is 9.47 Å². The highest BCUT2D eigenvalue weighted by molar-refractivity contribution is 5.80. The number of methoxy groups -OCH3 is 1. The maximum Gasteiger partial charge on any atom is 0.165 e. The zero-order valence-corrected chi connectivity index (χ0v) is 12.3. The standard InChI is InChI=1S/C15H17N5O2/c1-21-12-4-2-11(3-5-12)8-22-7-6-20-10-19-13-14(16)17-9-18-15(13)20/h2-5,9-10H,6-8H2,1H3,(H2,16,17,18). The van der Waals surface area contributed by atoms with Gasteiger partial charge in [-0.3, -0.25) is 0 Å². The normalized spacial score (nSPS) is 11.0. The van der Waals surface area contributed by atoms with Gasteiger partial charge in [-0.15, -0.1) is 0 Å². The molecule has 0 amide bonds. The summed E-state index contributed by atoms with van der Waals surface area (Å²) in [6.45, 7) is 1.76. The predicted molar refractivity (Wildman–Crippen MR) is 82.4 cm³/mol. The highest BCUT2D eigenvalue weighted by Gasteiger charge is 2.07. The molecular formula is C15H17N5O2. The Bertz CT molecular complexity index is 754. The van der Waals surface area contributed by atoms with Gasteiger partial charge in [0.2, 0.25) is 0 Å². The zero-order valence-electron chi connectivity index (χ0n) is 12.3. The van der Waals surface area contributed by atoms with Crippen LogP contribution < -0.4 is 10.5 Å². The minimum Gasteiger partial charge on any atom is -0.497 e. The van der Waals surface area contributed by atoms with Crippen molar-refractivity contribution in [1.29, 1.82) is 0 Å². The molecule has 7 heteroatoms. The summed E-state index contributed by atoms with van der Waals surface area (Å²) < 4.78 is 12.7. The lowest BCUT2D eigenvalue weighted by Crippen LogP contribution is -2.06. The number of rotatable bonds is 6. The minimum absolute atomic E-state index is 0.392.